The Hall–Kier alpha value is -3.13. The van der Waals surface area contributed by atoms with Crippen molar-refractivity contribution in [1.82, 2.24) is 15.0 Å². The molecule has 2 heterocycles. The Balaban J connectivity index is 1.82. The number of rotatable bonds is 4. The third-order valence-corrected chi connectivity index (χ3v) is 3.10. The summed E-state index contributed by atoms with van der Waals surface area (Å²) in [4.78, 5) is 16.8. The fourth-order valence-electron chi connectivity index (χ4n) is 2.12. The second kappa shape index (κ2) is 5.70. The number of benzene rings is 1. The molecule has 1 atom stereocenters. The highest BCUT2D eigenvalue weighted by Crippen LogP contribution is 2.25. The Labute approximate surface area is 123 Å². The predicted octanol–water partition coefficient (Wildman–Crippen LogP) is 2.04. The number of carbonyl (C=O) groups excluding carboxylic acids is 1. The van der Waals surface area contributed by atoms with Gasteiger partial charge in [-0.15, -0.1) is 4.80 Å². The maximum atomic E-state index is 14.1. The summed E-state index contributed by atoms with van der Waals surface area (Å²) >= 11 is 0. The van der Waals surface area contributed by atoms with E-state index >= 15 is 0 Å². The standard InChI is InChI=1S/C12H10FN7O2/c13-10-5-8(1-2-11(10)20-16-3-4-17-20)19-7-9(6-15-18-14)22-12(19)21/h1-5,9H,6-7H2. The molecule has 0 bridgehead atoms. The van der Waals surface area contributed by atoms with E-state index < -0.39 is 18.0 Å². The Bertz CT molecular complexity index is 742. The van der Waals surface area contributed by atoms with Crippen molar-refractivity contribution in [1.29, 1.82) is 0 Å². The van der Waals surface area contributed by atoms with E-state index in [1.54, 1.807) is 6.07 Å². The largest absolute Gasteiger partial charge is 0.444 e. The van der Waals surface area contributed by atoms with Crippen molar-refractivity contribution < 1.29 is 13.9 Å². The van der Waals surface area contributed by atoms with Crippen molar-refractivity contribution >= 4 is 11.8 Å². The molecule has 9 nitrogen and oxygen atoms in total. The molecule has 3 rings (SSSR count). The molecule has 1 aliphatic rings. The van der Waals surface area contributed by atoms with Crippen molar-refractivity contribution in [3.05, 3.63) is 46.9 Å². The van der Waals surface area contributed by atoms with Crippen molar-refractivity contribution in [3.63, 3.8) is 0 Å². The summed E-state index contributed by atoms with van der Waals surface area (Å²) in [7, 11) is 0. The molecule has 112 valence electrons. The van der Waals surface area contributed by atoms with E-state index in [0.29, 0.717) is 5.69 Å². The number of nitrogens with zero attached hydrogens (tertiary/aromatic N) is 7. The molecule has 1 saturated heterocycles. The number of halogens is 1. The van der Waals surface area contributed by atoms with E-state index in [9.17, 15) is 9.18 Å². The lowest BCUT2D eigenvalue weighted by molar-refractivity contribution is 0.145. The maximum absolute atomic E-state index is 14.1. The topological polar surface area (TPSA) is 109 Å². The van der Waals surface area contributed by atoms with Crippen LogP contribution in [-0.2, 0) is 4.74 Å². The maximum Gasteiger partial charge on any atom is 0.414 e. The zero-order chi connectivity index (χ0) is 15.5. The third-order valence-electron chi connectivity index (χ3n) is 3.10. The number of ether oxygens (including phenoxy) is 1. The molecule has 1 aromatic carbocycles. The number of azide groups is 1. The summed E-state index contributed by atoms with van der Waals surface area (Å²) in [5, 5.41) is 11.1. The average Bonchev–Trinajstić information content (AvgIpc) is 3.14. The van der Waals surface area contributed by atoms with Gasteiger partial charge in [0.15, 0.2) is 5.82 Å². The normalized spacial score (nSPS) is 17.2. The Morgan fingerprint density at radius 2 is 2.23 bits per heavy atom. The summed E-state index contributed by atoms with van der Waals surface area (Å²) in [6, 6.07) is 4.24. The van der Waals surface area contributed by atoms with Gasteiger partial charge in [0.2, 0.25) is 0 Å². The zero-order valence-electron chi connectivity index (χ0n) is 11.2. The lowest BCUT2D eigenvalue weighted by Crippen LogP contribution is -2.25. The van der Waals surface area contributed by atoms with E-state index in [-0.39, 0.29) is 18.8 Å². The highest BCUT2D eigenvalue weighted by Gasteiger charge is 2.32. The van der Waals surface area contributed by atoms with Gasteiger partial charge in [-0.1, -0.05) is 5.11 Å². The molecular formula is C12H10FN7O2. The molecule has 2 aromatic rings. The lowest BCUT2D eigenvalue weighted by Gasteiger charge is -2.13. The molecule has 1 aromatic heterocycles. The van der Waals surface area contributed by atoms with Gasteiger partial charge >= 0.3 is 6.09 Å². The second-order valence-corrected chi connectivity index (χ2v) is 4.48. The molecule has 1 amide bonds. The van der Waals surface area contributed by atoms with Gasteiger partial charge in [-0.2, -0.15) is 10.2 Å². The first kappa shape index (κ1) is 13.8. The Morgan fingerprint density at radius 3 is 2.91 bits per heavy atom. The number of hydrogen-bond acceptors (Lipinski definition) is 5. The van der Waals surface area contributed by atoms with Gasteiger partial charge in [-0.25, -0.2) is 9.18 Å². The molecular weight excluding hydrogens is 293 g/mol. The SMILES string of the molecule is [N-]=[N+]=NCC1CN(c2ccc(-n3nccn3)c(F)c2)C(=O)O1. The summed E-state index contributed by atoms with van der Waals surface area (Å²) in [5.41, 5.74) is 8.80. The van der Waals surface area contributed by atoms with Crippen LogP contribution >= 0.6 is 0 Å². The summed E-state index contributed by atoms with van der Waals surface area (Å²) in [6.45, 7) is 0.229. The van der Waals surface area contributed by atoms with E-state index in [1.165, 1.54) is 29.4 Å². The van der Waals surface area contributed by atoms with Gasteiger partial charge in [0, 0.05) is 11.0 Å². The van der Waals surface area contributed by atoms with Crippen LogP contribution in [0.3, 0.4) is 0 Å². The van der Waals surface area contributed by atoms with Gasteiger partial charge in [-0.05, 0) is 17.7 Å². The number of cyclic esters (lactones) is 1. The molecule has 22 heavy (non-hydrogen) atoms. The predicted molar refractivity (Wildman–Crippen MR) is 72.9 cm³/mol. The summed E-state index contributed by atoms with van der Waals surface area (Å²) < 4.78 is 19.2. The van der Waals surface area contributed by atoms with Crippen molar-refractivity contribution in [2.24, 2.45) is 5.11 Å². The highest BCUT2D eigenvalue weighted by molar-refractivity contribution is 5.89. The van der Waals surface area contributed by atoms with Gasteiger partial charge in [0.25, 0.3) is 0 Å². The fourth-order valence-corrected chi connectivity index (χ4v) is 2.12. The van der Waals surface area contributed by atoms with E-state index in [1.807, 2.05) is 0 Å². The van der Waals surface area contributed by atoms with Crippen molar-refractivity contribution in [2.75, 3.05) is 18.0 Å². The molecule has 0 spiro atoms. The van der Waals surface area contributed by atoms with Crippen LogP contribution in [0, 0.1) is 5.82 Å². The van der Waals surface area contributed by atoms with Gasteiger partial charge in [-0.3, -0.25) is 4.90 Å². The Morgan fingerprint density at radius 1 is 1.45 bits per heavy atom. The first-order valence-corrected chi connectivity index (χ1v) is 6.34. The van der Waals surface area contributed by atoms with Crippen LogP contribution in [0.2, 0.25) is 0 Å². The third kappa shape index (κ3) is 2.54. The molecule has 1 aliphatic heterocycles. The quantitative estimate of drug-likeness (QED) is 0.489. The van der Waals surface area contributed by atoms with Gasteiger partial charge < -0.3 is 4.74 Å². The van der Waals surface area contributed by atoms with Crippen molar-refractivity contribution in [2.45, 2.75) is 6.10 Å². The minimum Gasteiger partial charge on any atom is -0.444 e. The summed E-state index contributed by atoms with van der Waals surface area (Å²) in [5.74, 6) is -0.569. The fraction of sp³-hybridized carbons (Fsp3) is 0.250. The van der Waals surface area contributed by atoms with E-state index in [4.69, 9.17) is 10.3 Å². The van der Waals surface area contributed by atoms with Crippen LogP contribution < -0.4 is 4.90 Å². The van der Waals surface area contributed by atoms with Crippen LogP contribution in [0.15, 0.2) is 35.7 Å². The Kier molecular flexibility index (Phi) is 3.58. The highest BCUT2D eigenvalue weighted by atomic mass is 19.1. The molecule has 10 heteroatoms. The molecule has 0 saturated carbocycles. The van der Waals surface area contributed by atoms with Gasteiger partial charge in [0.1, 0.15) is 11.8 Å². The molecule has 0 N–H and O–H groups in total. The molecule has 0 aliphatic carbocycles. The van der Waals surface area contributed by atoms with Crippen LogP contribution in [0.4, 0.5) is 14.9 Å². The minimum atomic E-state index is -0.609. The van der Waals surface area contributed by atoms with Crippen LogP contribution in [-0.4, -0.2) is 40.3 Å². The average molecular weight is 303 g/mol. The number of amides is 1. The number of aromatic nitrogens is 3. The van der Waals surface area contributed by atoms with E-state index in [2.05, 4.69) is 20.2 Å². The van der Waals surface area contributed by atoms with Crippen LogP contribution in [0.1, 0.15) is 0 Å². The first-order valence-electron chi connectivity index (χ1n) is 6.34. The van der Waals surface area contributed by atoms with E-state index in [0.717, 1.165) is 4.80 Å². The smallest absolute Gasteiger partial charge is 0.414 e. The minimum absolute atomic E-state index is 0.0382. The number of hydrogen-bond donors (Lipinski definition) is 0. The van der Waals surface area contributed by atoms with Crippen LogP contribution in [0.5, 0.6) is 0 Å². The number of carbonyl (C=O) groups is 1. The lowest BCUT2D eigenvalue weighted by atomic mass is 10.2. The first-order chi connectivity index (χ1) is 10.7. The monoisotopic (exact) mass is 303 g/mol. The second-order valence-electron chi connectivity index (χ2n) is 4.48. The number of anilines is 1. The molecule has 1 fully saturated rings. The molecule has 1 unspecified atom stereocenters. The van der Waals surface area contributed by atoms with Crippen molar-refractivity contribution in [3.8, 4) is 5.69 Å². The zero-order valence-corrected chi connectivity index (χ0v) is 11.2. The summed E-state index contributed by atoms with van der Waals surface area (Å²) in [6.07, 6.45) is 1.72. The molecule has 0 radical (unpaired) electrons. The van der Waals surface area contributed by atoms with Gasteiger partial charge in [0.05, 0.1) is 31.2 Å². The van der Waals surface area contributed by atoms with Crippen LogP contribution in [0.25, 0.3) is 16.1 Å².